The first-order valence-electron chi connectivity index (χ1n) is 5.87. The Balaban J connectivity index is 3.12. The van der Waals surface area contributed by atoms with Crippen molar-refractivity contribution in [3.05, 3.63) is 6.33 Å². The summed E-state index contributed by atoms with van der Waals surface area (Å²) in [5.74, 6) is 0.736. The van der Waals surface area contributed by atoms with Gasteiger partial charge in [0, 0.05) is 13.1 Å². The molecule has 5 nitrogen and oxygen atoms in total. The number of aromatic nitrogens is 2. The zero-order chi connectivity index (χ0) is 14.5. The molecule has 0 saturated heterocycles. The van der Waals surface area contributed by atoms with Crippen molar-refractivity contribution in [1.29, 1.82) is 0 Å². The first-order chi connectivity index (χ1) is 8.92. The molecule has 1 aromatic heterocycles. The Morgan fingerprint density at radius 1 is 1.32 bits per heavy atom. The second-order valence-corrected chi connectivity index (χ2v) is 3.74. The van der Waals surface area contributed by atoms with Crippen molar-refractivity contribution < 1.29 is 17.9 Å². The van der Waals surface area contributed by atoms with Crippen LogP contribution in [0, 0.1) is 0 Å². The molecule has 108 valence electrons. The number of ether oxygens (including phenoxy) is 1. The summed E-state index contributed by atoms with van der Waals surface area (Å²) in [5, 5.41) is 2.93. The van der Waals surface area contributed by atoms with Crippen LogP contribution in [0.4, 0.5) is 24.8 Å². The molecule has 0 atom stereocenters. The Morgan fingerprint density at radius 2 is 2.00 bits per heavy atom. The van der Waals surface area contributed by atoms with Gasteiger partial charge in [0.15, 0.2) is 11.6 Å². The first-order valence-corrected chi connectivity index (χ1v) is 5.87. The van der Waals surface area contributed by atoms with Crippen molar-refractivity contribution in [1.82, 2.24) is 9.97 Å². The molecule has 1 aromatic rings. The number of nitrogens with one attached hydrogen (secondary N) is 1. The largest absolute Gasteiger partial charge is 0.490 e. The van der Waals surface area contributed by atoms with Gasteiger partial charge in [-0.05, 0) is 13.8 Å². The lowest BCUT2D eigenvalue weighted by atomic mass is 10.4. The molecule has 0 unspecified atom stereocenters. The molecule has 8 heteroatoms. The maximum absolute atomic E-state index is 12.5. The highest BCUT2D eigenvalue weighted by Gasteiger charge is 2.32. The van der Waals surface area contributed by atoms with Crippen LogP contribution in [0.15, 0.2) is 6.33 Å². The van der Waals surface area contributed by atoms with Crippen molar-refractivity contribution in [3.63, 3.8) is 0 Å². The predicted molar refractivity (Wildman–Crippen MR) is 66.7 cm³/mol. The third-order valence-corrected chi connectivity index (χ3v) is 2.38. The van der Waals surface area contributed by atoms with E-state index in [0.29, 0.717) is 12.4 Å². The second-order valence-electron chi connectivity index (χ2n) is 3.74. The van der Waals surface area contributed by atoms with Crippen molar-refractivity contribution in [2.45, 2.75) is 20.0 Å². The van der Waals surface area contributed by atoms with E-state index in [-0.39, 0.29) is 18.1 Å². The lowest BCUT2D eigenvalue weighted by Gasteiger charge is -2.25. The van der Waals surface area contributed by atoms with Gasteiger partial charge >= 0.3 is 6.18 Å². The van der Waals surface area contributed by atoms with Gasteiger partial charge in [0.05, 0.1) is 7.11 Å². The molecule has 0 radical (unpaired) electrons. The minimum atomic E-state index is -4.30. The molecule has 1 N–H and O–H groups in total. The highest BCUT2D eigenvalue weighted by atomic mass is 19.4. The summed E-state index contributed by atoms with van der Waals surface area (Å²) < 4.78 is 42.7. The van der Waals surface area contributed by atoms with Crippen LogP contribution in [-0.2, 0) is 0 Å². The van der Waals surface area contributed by atoms with E-state index in [1.54, 1.807) is 6.92 Å². The zero-order valence-electron chi connectivity index (χ0n) is 11.1. The topological polar surface area (TPSA) is 50.3 Å². The monoisotopic (exact) mass is 278 g/mol. The number of hydrogen-bond acceptors (Lipinski definition) is 5. The maximum Gasteiger partial charge on any atom is 0.405 e. The minimum Gasteiger partial charge on any atom is -0.490 e. The molecule has 0 bridgehead atoms. The fraction of sp³-hybridized carbons (Fsp3) is 0.636. The van der Waals surface area contributed by atoms with Gasteiger partial charge in [0.25, 0.3) is 0 Å². The van der Waals surface area contributed by atoms with Gasteiger partial charge in [0.2, 0.25) is 5.75 Å². The Morgan fingerprint density at radius 3 is 2.47 bits per heavy atom. The van der Waals surface area contributed by atoms with Crippen LogP contribution >= 0.6 is 0 Å². The minimum absolute atomic E-state index is 0.133. The van der Waals surface area contributed by atoms with Crippen LogP contribution in [0.3, 0.4) is 0 Å². The van der Waals surface area contributed by atoms with Gasteiger partial charge in [-0.3, -0.25) is 0 Å². The van der Waals surface area contributed by atoms with Gasteiger partial charge in [-0.25, -0.2) is 9.97 Å². The SMILES string of the molecule is CCNc1ncnc(N(CC)CC(F)(F)F)c1OC. The Bertz CT molecular complexity index is 411. The summed E-state index contributed by atoms with van der Waals surface area (Å²) in [6.45, 7) is 3.15. The quantitative estimate of drug-likeness (QED) is 0.865. The summed E-state index contributed by atoms with van der Waals surface area (Å²) >= 11 is 0. The fourth-order valence-corrected chi connectivity index (χ4v) is 1.62. The van der Waals surface area contributed by atoms with E-state index in [2.05, 4.69) is 15.3 Å². The average molecular weight is 278 g/mol. The molecule has 0 fully saturated rings. The number of alkyl halides is 3. The fourth-order valence-electron chi connectivity index (χ4n) is 1.62. The summed E-state index contributed by atoms with van der Waals surface area (Å²) in [4.78, 5) is 8.95. The number of halogens is 3. The third-order valence-electron chi connectivity index (χ3n) is 2.38. The van der Waals surface area contributed by atoms with Crippen molar-refractivity contribution in [2.75, 3.05) is 37.0 Å². The van der Waals surface area contributed by atoms with Gasteiger partial charge < -0.3 is 15.0 Å². The lowest BCUT2D eigenvalue weighted by Crippen LogP contribution is -2.35. The summed E-state index contributed by atoms with van der Waals surface area (Å²) in [6, 6.07) is 0. The summed E-state index contributed by atoms with van der Waals surface area (Å²) in [5.41, 5.74) is 0. The Labute approximate surface area is 109 Å². The van der Waals surface area contributed by atoms with Gasteiger partial charge in [-0.2, -0.15) is 13.2 Å². The Hall–Kier alpha value is -1.73. The van der Waals surface area contributed by atoms with Crippen LogP contribution in [-0.4, -0.2) is 42.9 Å². The standard InChI is InChI=1S/C11H17F3N4O/c1-4-15-9-8(19-3)10(17-7-16-9)18(5-2)6-11(12,13)14/h7H,4-6H2,1-3H3,(H,15,16,17). The van der Waals surface area contributed by atoms with E-state index < -0.39 is 12.7 Å². The first kappa shape index (κ1) is 15.3. The van der Waals surface area contributed by atoms with Crippen LogP contribution in [0.2, 0.25) is 0 Å². The van der Waals surface area contributed by atoms with Crippen LogP contribution in [0.5, 0.6) is 5.75 Å². The number of nitrogens with zero attached hydrogens (tertiary/aromatic N) is 3. The molecule has 0 aliphatic carbocycles. The van der Waals surface area contributed by atoms with E-state index >= 15 is 0 Å². The van der Waals surface area contributed by atoms with E-state index in [9.17, 15) is 13.2 Å². The van der Waals surface area contributed by atoms with Crippen molar-refractivity contribution >= 4 is 11.6 Å². The van der Waals surface area contributed by atoms with E-state index in [1.807, 2.05) is 6.92 Å². The van der Waals surface area contributed by atoms with E-state index in [0.717, 1.165) is 4.90 Å². The Kier molecular flexibility index (Phi) is 5.20. The van der Waals surface area contributed by atoms with Crippen LogP contribution in [0.1, 0.15) is 13.8 Å². The van der Waals surface area contributed by atoms with E-state index in [4.69, 9.17) is 4.74 Å². The third kappa shape index (κ3) is 4.15. The molecular formula is C11H17F3N4O. The molecule has 1 rings (SSSR count). The molecule has 0 saturated carbocycles. The predicted octanol–water partition coefficient (Wildman–Crippen LogP) is 2.31. The van der Waals surface area contributed by atoms with Crippen LogP contribution < -0.4 is 15.0 Å². The summed E-state index contributed by atoms with van der Waals surface area (Å²) in [6.07, 6.45) is -3.08. The molecule has 0 amide bonds. The highest BCUT2D eigenvalue weighted by Crippen LogP contribution is 2.33. The molecule has 19 heavy (non-hydrogen) atoms. The maximum atomic E-state index is 12.5. The number of rotatable bonds is 6. The van der Waals surface area contributed by atoms with Crippen LogP contribution in [0.25, 0.3) is 0 Å². The van der Waals surface area contributed by atoms with Gasteiger partial charge in [-0.1, -0.05) is 0 Å². The van der Waals surface area contributed by atoms with Gasteiger partial charge in [-0.15, -0.1) is 0 Å². The molecule has 0 aliphatic rings. The highest BCUT2D eigenvalue weighted by molar-refractivity contribution is 5.64. The molecule has 0 aromatic carbocycles. The summed E-state index contributed by atoms with van der Waals surface area (Å²) in [7, 11) is 1.38. The normalized spacial score (nSPS) is 11.3. The van der Waals surface area contributed by atoms with E-state index in [1.165, 1.54) is 13.4 Å². The smallest absolute Gasteiger partial charge is 0.405 e. The van der Waals surface area contributed by atoms with Gasteiger partial charge in [0.1, 0.15) is 12.9 Å². The molecule has 0 spiro atoms. The van der Waals surface area contributed by atoms with Crippen molar-refractivity contribution in [2.24, 2.45) is 0 Å². The lowest BCUT2D eigenvalue weighted by molar-refractivity contribution is -0.119. The average Bonchev–Trinajstić information content (AvgIpc) is 2.35. The number of anilines is 2. The van der Waals surface area contributed by atoms with Crippen molar-refractivity contribution in [3.8, 4) is 5.75 Å². The molecular weight excluding hydrogens is 261 g/mol. The molecule has 1 heterocycles. The second kappa shape index (κ2) is 6.44. The number of hydrogen-bond donors (Lipinski definition) is 1. The molecule has 0 aliphatic heterocycles. The number of methoxy groups -OCH3 is 1. The zero-order valence-corrected chi connectivity index (χ0v) is 11.1.